The van der Waals surface area contributed by atoms with Gasteiger partial charge in [0.2, 0.25) is 12.7 Å². The van der Waals surface area contributed by atoms with Gasteiger partial charge in [-0.05, 0) is 37.6 Å². The lowest BCUT2D eigenvalue weighted by molar-refractivity contribution is -0.132. The van der Waals surface area contributed by atoms with Gasteiger partial charge in [0.1, 0.15) is 0 Å². The number of nitrogens with one attached hydrogen (secondary N) is 1. The predicted molar refractivity (Wildman–Crippen MR) is 103 cm³/mol. The number of hydrogen-bond donors (Lipinski definition) is 1. The fraction of sp³-hybridized carbons (Fsp3) is 0.650. The quantitative estimate of drug-likeness (QED) is 0.821. The number of fused-ring (bicyclic) bond motifs is 1. The molecule has 0 aromatic heterocycles. The number of ether oxygens (including phenoxy) is 2. The Bertz CT molecular complexity index is 661. The molecule has 7 heteroatoms. The topological polar surface area (TPSA) is 57.3 Å². The maximum atomic E-state index is 12.2. The van der Waals surface area contributed by atoms with Crippen LogP contribution in [0.25, 0.3) is 0 Å². The Morgan fingerprint density at radius 1 is 1.15 bits per heavy atom. The van der Waals surface area contributed by atoms with Gasteiger partial charge in [-0.3, -0.25) is 14.6 Å². The van der Waals surface area contributed by atoms with Gasteiger partial charge in [-0.2, -0.15) is 0 Å². The number of amides is 1. The normalized spacial score (nSPS) is 23.6. The Kier molecular flexibility index (Phi) is 5.80. The molecule has 0 radical (unpaired) electrons. The van der Waals surface area contributed by atoms with Crippen LogP contribution in [0.4, 0.5) is 0 Å². The van der Waals surface area contributed by atoms with Crippen LogP contribution in [0.2, 0.25) is 0 Å². The van der Waals surface area contributed by atoms with Crippen LogP contribution in [0, 0.1) is 0 Å². The summed E-state index contributed by atoms with van der Waals surface area (Å²) >= 11 is 0. The summed E-state index contributed by atoms with van der Waals surface area (Å²) in [5, 5.41) is 2.98. The van der Waals surface area contributed by atoms with Crippen molar-refractivity contribution in [1.82, 2.24) is 20.0 Å². The summed E-state index contributed by atoms with van der Waals surface area (Å²) in [6.07, 6.45) is 2.31. The Hall–Kier alpha value is -1.83. The minimum atomic E-state index is 0.226. The van der Waals surface area contributed by atoms with E-state index in [1.54, 1.807) is 0 Å². The van der Waals surface area contributed by atoms with Crippen LogP contribution >= 0.6 is 0 Å². The van der Waals surface area contributed by atoms with E-state index in [-0.39, 0.29) is 5.91 Å². The van der Waals surface area contributed by atoms with Crippen molar-refractivity contribution in [3.8, 4) is 11.5 Å². The molecule has 27 heavy (non-hydrogen) atoms. The highest BCUT2D eigenvalue weighted by atomic mass is 16.7. The van der Waals surface area contributed by atoms with Gasteiger partial charge in [0, 0.05) is 51.9 Å². The number of likely N-dealkylation sites (tertiary alicyclic amines) is 1. The summed E-state index contributed by atoms with van der Waals surface area (Å²) in [5.74, 6) is 1.93. The molecule has 2 fully saturated rings. The van der Waals surface area contributed by atoms with Crippen molar-refractivity contribution in [2.24, 2.45) is 0 Å². The van der Waals surface area contributed by atoms with Crippen LogP contribution in [0.15, 0.2) is 18.2 Å². The molecule has 1 amide bonds. The second-order valence-electron chi connectivity index (χ2n) is 7.67. The molecule has 7 nitrogen and oxygen atoms in total. The number of piperazine rings is 1. The minimum absolute atomic E-state index is 0.226. The van der Waals surface area contributed by atoms with Gasteiger partial charge in [-0.25, -0.2) is 0 Å². The van der Waals surface area contributed by atoms with Gasteiger partial charge in [0.25, 0.3) is 0 Å². The Balaban J connectivity index is 1.27. The molecular weight excluding hydrogens is 344 g/mol. The van der Waals surface area contributed by atoms with Crippen molar-refractivity contribution < 1.29 is 14.3 Å². The molecule has 0 bridgehead atoms. The second kappa shape index (κ2) is 8.46. The van der Waals surface area contributed by atoms with Crippen LogP contribution in [0.1, 0.15) is 18.4 Å². The average molecular weight is 374 g/mol. The zero-order chi connectivity index (χ0) is 18.6. The third-order valence-corrected chi connectivity index (χ3v) is 5.84. The van der Waals surface area contributed by atoms with Gasteiger partial charge in [0.15, 0.2) is 11.5 Å². The van der Waals surface area contributed by atoms with Gasteiger partial charge >= 0.3 is 0 Å². The largest absolute Gasteiger partial charge is 0.454 e. The van der Waals surface area contributed by atoms with Gasteiger partial charge < -0.3 is 19.7 Å². The fourth-order valence-corrected chi connectivity index (χ4v) is 4.33. The third-order valence-electron chi connectivity index (χ3n) is 5.84. The van der Waals surface area contributed by atoms with Gasteiger partial charge in [0.05, 0.1) is 6.54 Å². The Morgan fingerprint density at radius 2 is 1.96 bits per heavy atom. The SMILES string of the molecule is CNCC(=O)N1CCC[C@H](N2CCN(Cc3ccc4c(c3)OCO4)CC2)C1. The molecule has 1 atom stereocenters. The number of rotatable bonds is 5. The number of nitrogens with zero attached hydrogens (tertiary/aromatic N) is 3. The standard InChI is InChI=1S/C20H30N4O3/c1-21-12-20(25)24-6-2-3-17(14-24)23-9-7-22(8-10-23)13-16-4-5-18-19(11-16)27-15-26-18/h4-5,11,17,21H,2-3,6-10,12-15H2,1H3/t17-/m0/s1. The minimum Gasteiger partial charge on any atom is -0.454 e. The van der Waals surface area contributed by atoms with E-state index in [1.807, 2.05) is 18.0 Å². The number of benzene rings is 1. The Morgan fingerprint density at radius 3 is 2.78 bits per heavy atom. The maximum Gasteiger partial charge on any atom is 0.236 e. The third kappa shape index (κ3) is 4.36. The first-order valence-corrected chi connectivity index (χ1v) is 10.0. The molecule has 1 aromatic carbocycles. The first kappa shape index (κ1) is 18.5. The molecule has 3 aliphatic heterocycles. The first-order chi connectivity index (χ1) is 13.2. The van der Waals surface area contributed by atoms with Crippen molar-refractivity contribution in [2.75, 3.05) is 59.7 Å². The summed E-state index contributed by atoms with van der Waals surface area (Å²) in [7, 11) is 1.83. The summed E-state index contributed by atoms with van der Waals surface area (Å²) < 4.78 is 10.9. The smallest absolute Gasteiger partial charge is 0.236 e. The molecule has 0 saturated carbocycles. The summed E-state index contributed by atoms with van der Waals surface area (Å²) in [4.78, 5) is 19.3. The molecule has 0 spiro atoms. The number of carbonyl (C=O) groups is 1. The molecule has 0 aliphatic carbocycles. The van der Waals surface area contributed by atoms with Gasteiger partial charge in [-0.15, -0.1) is 0 Å². The summed E-state index contributed by atoms with van der Waals surface area (Å²) in [5.41, 5.74) is 1.27. The van der Waals surface area contributed by atoms with E-state index in [0.29, 0.717) is 19.4 Å². The van der Waals surface area contributed by atoms with E-state index in [2.05, 4.69) is 27.2 Å². The average Bonchev–Trinajstić information content (AvgIpc) is 3.17. The van der Waals surface area contributed by atoms with Crippen molar-refractivity contribution in [1.29, 1.82) is 0 Å². The van der Waals surface area contributed by atoms with Crippen molar-refractivity contribution >= 4 is 5.91 Å². The van der Waals surface area contributed by atoms with Crippen molar-refractivity contribution in [3.05, 3.63) is 23.8 Å². The second-order valence-corrected chi connectivity index (χ2v) is 7.67. The molecule has 148 valence electrons. The lowest BCUT2D eigenvalue weighted by Crippen LogP contribution is -2.56. The van der Waals surface area contributed by atoms with Gasteiger partial charge in [-0.1, -0.05) is 6.07 Å². The van der Waals surface area contributed by atoms with Crippen LogP contribution in [-0.2, 0) is 11.3 Å². The van der Waals surface area contributed by atoms with Crippen molar-refractivity contribution in [2.45, 2.75) is 25.4 Å². The molecule has 2 saturated heterocycles. The zero-order valence-corrected chi connectivity index (χ0v) is 16.2. The summed E-state index contributed by atoms with van der Waals surface area (Å²) in [6, 6.07) is 6.74. The molecule has 4 rings (SSSR count). The number of hydrogen-bond acceptors (Lipinski definition) is 6. The predicted octanol–water partition coefficient (Wildman–Crippen LogP) is 0.743. The van der Waals surface area contributed by atoms with Crippen LogP contribution in [0.5, 0.6) is 11.5 Å². The zero-order valence-electron chi connectivity index (χ0n) is 16.2. The molecule has 3 aliphatic rings. The van der Waals surface area contributed by atoms with E-state index < -0.39 is 0 Å². The molecule has 1 aromatic rings. The monoisotopic (exact) mass is 374 g/mol. The fourth-order valence-electron chi connectivity index (χ4n) is 4.33. The van der Waals surface area contributed by atoms with E-state index in [0.717, 1.165) is 63.7 Å². The lowest BCUT2D eigenvalue weighted by Gasteiger charge is -2.43. The van der Waals surface area contributed by atoms with E-state index in [1.165, 1.54) is 12.0 Å². The molecule has 0 unspecified atom stereocenters. The van der Waals surface area contributed by atoms with E-state index >= 15 is 0 Å². The van der Waals surface area contributed by atoms with E-state index in [9.17, 15) is 4.79 Å². The highest BCUT2D eigenvalue weighted by molar-refractivity contribution is 5.78. The highest BCUT2D eigenvalue weighted by Crippen LogP contribution is 2.33. The molecule has 1 N–H and O–H groups in total. The highest BCUT2D eigenvalue weighted by Gasteiger charge is 2.29. The molecule has 3 heterocycles. The maximum absolute atomic E-state index is 12.2. The number of piperidine rings is 1. The lowest BCUT2D eigenvalue weighted by atomic mass is 10.0. The Labute approximate surface area is 161 Å². The first-order valence-electron chi connectivity index (χ1n) is 10.0. The van der Waals surface area contributed by atoms with Crippen LogP contribution in [0.3, 0.4) is 0 Å². The van der Waals surface area contributed by atoms with Crippen LogP contribution in [-0.4, -0.2) is 86.3 Å². The van der Waals surface area contributed by atoms with Crippen LogP contribution < -0.4 is 14.8 Å². The van der Waals surface area contributed by atoms with Crippen molar-refractivity contribution in [3.63, 3.8) is 0 Å². The molecular formula is C20H30N4O3. The number of likely N-dealkylation sites (N-methyl/N-ethyl adjacent to an activating group) is 1. The number of carbonyl (C=O) groups excluding carboxylic acids is 1. The summed E-state index contributed by atoms with van der Waals surface area (Å²) in [6.45, 7) is 7.77. The van der Waals surface area contributed by atoms with E-state index in [4.69, 9.17) is 9.47 Å².